The highest BCUT2D eigenvalue weighted by molar-refractivity contribution is 7.92. The summed E-state index contributed by atoms with van der Waals surface area (Å²) in [4.78, 5) is 15.1. The number of methoxy groups -OCH3 is 2. The summed E-state index contributed by atoms with van der Waals surface area (Å²) in [7, 11) is -0.933. The lowest BCUT2D eigenvalue weighted by Gasteiger charge is -2.14. The van der Waals surface area contributed by atoms with Crippen molar-refractivity contribution in [2.24, 2.45) is 0 Å². The fourth-order valence-corrected chi connectivity index (χ4v) is 5.04. The smallest absolute Gasteiger partial charge is 0.262 e. The fourth-order valence-electron chi connectivity index (χ4n) is 3.98. The number of amides is 1. The van der Waals surface area contributed by atoms with E-state index in [4.69, 9.17) is 9.47 Å². The first-order valence-corrected chi connectivity index (χ1v) is 12.8. The average molecular weight is 496 g/mol. The maximum Gasteiger partial charge on any atom is 0.262 e. The van der Waals surface area contributed by atoms with Gasteiger partial charge in [0.15, 0.2) is 0 Å². The maximum atomic E-state index is 12.9. The number of anilines is 2. The molecule has 184 valence electrons. The van der Waals surface area contributed by atoms with Gasteiger partial charge in [0, 0.05) is 23.9 Å². The second kappa shape index (κ2) is 10.8. The van der Waals surface area contributed by atoms with Gasteiger partial charge in [-0.2, -0.15) is 0 Å². The summed E-state index contributed by atoms with van der Waals surface area (Å²) in [5, 5.41) is 2.81. The molecule has 1 amide bonds. The number of sulfonamides is 1. The van der Waals surface area contributed by atoms with E-state index in [1.165, 1.54) is 44.8 Å². The van der Waals surface area contributed by atoms with Gasteiger partial charge in [-0.25, -0.2) is 8.42 Å². The van der Waals surface area contributed by atoms with Crippen LogP contribution >= 0.6 is 0 Å². The number of carbonyl (C=O) groups is 1. The van der Waals surface area contributed by atoms with Crippen molar-refractivity contribution in [2.75, 3.05) is 37.3 Å². The van der Waals surface area contributed by atoms with Crippen molar-refractivity contribution in [3.8, 4) is 11.5 Å². The van der Waals surface area contributed by atoms with Crippen LogP contribution < -0.4 is 19.5 Å². The molecule has 3 aromatic rings. The Bertz CT molecular complexity index is 1270. The molecule has 0 aromatic heterocycles. The third kappa shape index (κ3) is 6.12. The molecule has 1 aliphatic heterocycles. The van der Waals surface area contributed by atoms with E-state index in [0.717, 1.165) is 19.6 Å². The van der Waals surface area contributed by atoms with Crippen LogP contribution in [0.2, 0.25) is 0 Å². The molecular formula is C26H29N3O5S. The Hall–Kier alpha value is -3.56. The molecule has 0 bridgehead atoms. The van der Waals surface area contributed by atoms with E-state index in [0.29, 0.717) is 22.7 Å². The van der Waals surface area contributed by atoms with Crippen LogP contribution in [0.5, 0.6) is 11.5 Å². The first kappa shape index (κ1) is 24.6. The van der Waals surface area contributed by atoms with Crippen molar-refractivity contribution < 1.29 is 22.7 Å². The molecule has 1 fully saturated rings. The van der Waals surface area contributed by atoms with Crippen LogP contribution in [0.15, 0.2) is 71.6 Å². The lowest BCUT2D eigenvalue weighted by Crippen LogP contribution is -2.18. The Morgan fingerprint density at radius 3 is 2.23 bits per heavy atom. The van der Waals surface area contributed by atoms with Crippen LogP contribution in [-0.2, 0) is 16.6 Å². The Balaban J connectivity index is 1.40. The van der Waals surface area contributed by atoms with Gasteiger partial charge in [-0.3, -0.25) is 14.4 Å². The molecule has 0 atom stereocenters. The number of likely N-dealkylation sites (tertiary alicyclic amines) is 1. The molecular weight excluding hydrogens is 466 g/mol. The average Bonchev–Trinajstić information content (AvgIpc) is 3.37. The number of benzene rings is 3. The van der Waals surface area contributed by atoms with Crippen molar-refractivity contribution in [2.45, 2.75) is 24.3 Å². The van der Waals surface area contributed by atoms with E-state index < -0.39 is 10.0 Å². The summed E-state index contributed by atoms with van der Waals surface area (Å²) in [6.45, 7) is 3.14. The quantitative estimate of drug-likeness (QED) is 0.458. The second-order valence-electron chi connectivity index (χ2n) is 8.33. The number of rotatable bonds is 9. The molecule has 1 heterocycles. The van der Waals surface area contributed by atoms with Crippen molar-refractivity contribution in [1.29, 1.82) is 0 Å². The summed E-state index contributed by atoms with van der Waals surface area (Å²) in [6.07, 6.45) is 2.48. The van der Waals surface area contributed by atoms with E-state index in [-0.39, 0.29) is 16.5 Å². The van der Waals surface area contributed by atoms with E-state index in [2.05, 4.69) is 14.9 Å². The summed E-state index contributed by atoms with van der Waals surface area (Å²) < 4.78 is 38.7. The van der Waals surface area contributed by atoms with E-state index in [1.807, 2.05) is 24.3 Å². The summed E-state index contributed by atoms with van der Waals surface area (Å²) in [6, 6.07) is 18.4. The standard InChI is InChI=1S/C26H29N3O5S/c1-33-22-11-14-25(34-2)24(17-22)28-35(31,32)23-12-9-21(10-13-23)27-26(30)20-7-5-19(6-8-20)18-29-15-3-4-16-29/h5-14,17,28H,3-4,15-16,18H2,1-2H3,(H,27,30). The minimum atomic E-state index is -3.89. The zero-order valence-electron chi connectivity index (χ0n) is 19.8. The molecule has 0 radical (unpaired) electrons. The van der Waals surface area contributed by atoms with Crippen LogP contribution in [0, 0.1) is 0 Å². The number of carbonyl (C=O) groups excluding carboxylic acids is 1. The summed E-state index contributed by atoms with van der Waals surface area (Å²) >= 11 is 0. The molecule has 0 spiro atoms. The van der Waals surface area contributed by atoms with Gasteiger partial charge in [0.25, 0.3) is 15.9 Å². The molecule has 9 heteroatoms. The van der Waals surface area contributed by atoms with Gasteiger partial charge in [0.2, 0.25) is 0 Å². The molecule has 35 heavy (non-hydrogen) atoms. The van der Waals surface area contributed by atoms with E-state index in [9.17, 15) is 13.2 Å². The second-order valence-corrected chi connectivity index (χ2v) is 10.0. The molecule has 3 aromatic carbocycles. The number of hydrogen-bond acceptors (Lipinski definition) is 6. The van der Waals surface area contributed by atoms with E-state index in [1.54, 1.807) is 30.3 Å². The first-order chi connectivity index (χ1) is 16.9. The van der Waals surface area contributed by atoms with E-state index >= 15 is 0 Å². The molecule has 2 N–H and O–H groups in total. The zero-order valence-corrected chi connectivity index (χ0v) is 20.6. The highest BCUT2D eigenvalue weighted by Crippen LogP contribution is 2.31. The minimum Gasteiger partial charge on any atom is -0.497 e. The zero-order chi connectivity index (χ0) is 24.8. The van der Waals surface area contributed by atoms with Gasteiger partial charge in [0.1, 0.15) is 11.5 Å². The highest BCUT2D eigenvalue weighted by Gasteiger charge is 2.18. The monoisotopic (exact) mass is 495 g/mol. The number of ether oxygens (including phenoxy) is 2. The Labute approximate surface area is 205 Å². The molecule has 1 aliphatic rings. The molecule has 0 aliphatic carbocycles. The fraction of sp³-hybridized carbons (Fsp3) is 0.269. The number of hydrogen-bond donors (Lipinski definition) is 2. The largest absolute Gasteiger partial charge is 0.497 e. The predicted octanol–water partition coefficient (Wildman–Crippen LogP) is 4.35. The minimum absolute atomic E-state index is 0.0478. The van der Waals surface area contributed by atoms with Crippen molar-refractivity contribution >= 4 is 27.3 Å². The predicted molar refractivity (Wildman–Crippen MR) is 136 cm³/mol. The number of nitrogens with one attached hydrogen (secondary N) is 2. The van der Waals surface area contributed by atoms with Crippen molar-refractivity contribution in [3.63, 3.8) is 0 Å². The molecule has 4 rings (SSSR count). The number of nitrogens with zero attached hydrogens (tertiary/aromatic N) is 1. The van der Waals surface area contributed by atoms with Gasteiger partial charge in [0.05, 0.1) is 24.8 Å². The summed E-state index contributed by atoms with van der Waals surface area (Å²) in [5.41, 5.74) is 2.48. The first-order valence-electron chi connectivity index (χ1n) is 11.4. The molecule has 0 unspecified atom stereocenters. The lowest BCUT2D eigenvalue weighted by molar-refractivity contribution is 0.102. The third-order valence-corrected chi connectivity index (χ3v) is 7.28. The Morgan fingerprint density at radius 1 is 0.914 bits per heavy atom. The van der Waals surface area contributed by atoms with Crippen LogP contribution in [0.1, 0.15) is 28.8 Å². The summed E-state index contributed by atoms with van der Waals surface area (Å²) in [5.74, 6) is 0.600. The van der Waals surface area contributed by atoms with Crippen molar-refractivity contribution in [1.82, 2.24) is 4.90 Å². The molecule has 0 saturated carbocycles. The maximum absolute atomic E-state index is 12.9. The van der Waals surface area contributed by atoms with Crippen molar-refractivity contribution in [3.05, 3.63) is 77.9 Å². The van der Waals surface area contributed by atoms with Crippen LogP contribution in [0.3, 0.4) is 0 Å². The normalized spacial score (nSPS) is 13.9. The van der Waals surface area contributed by atoms with Gasteiger partial charge in [-0.1, -0.05) is 12.1 Å². The van der Waals surface area contributed by atoms with Gasteiger partial charge in [-0.05, 0) is 80.0 Å². The van der Waals surface area contributed by atoms with Crippen LogP contribution in [0.4, 0.5) is 11.4 Å². The van der Waals surface area contributed by atoms with Crippen LogP contribution in [0.25, 0.3) is 0 Å². The Morgan fingerprint density at radius 2 is 1.60 bits per heavy atom. The van der Waals surface area contributed by atoms with Gasteiger partial charge in [-0.15, -0.1) is 0 Å². The Kier molecular flexibility index (Phi) is 7.57. The SMILES string of the molecule is COc1ccc(OC)c(NS(=O)(=O)c2ccc(NC(=O)c3ccc(CN4CCCC4)cc3)cc2)c1. The van der Waals surface area contributed by atoms with Crippen LogP contribution in [-0.4, -0.2) is 46.5 Å². The topological polar surface area (TPSA) is 97.0 Å². The van der Waals surface area contributed by atoms with Gasteiger partial charge < -0.3 is 14.8 Å². The highest BCUT2D eigenvalue weighted by atomic mass is 32.2. The lowest BCUT2D eigenvalue weighted by atomic mass is 10.1. The molecule has 8 nitrogen and oxygen atoms in total. The third-order valence-electron chi connectivity index (χ3n) is 5.89. The molecule has 1 saturated heterocycles. The van der Waals surface area contributed by atoms with Gasteiger partial charge >= 0.3 is 0 Å².